The van der Waals surface area contributed by atoms with Crippen LogP contribution in [0.25, 0.3) is 22.3 Å². The first-order valence-electron chi connectivity index (χ1n) is 12.7. The van der Waals surface area contributed by atoms with Crippen molar-refractivity contribution in [1.82, 2.24) is 0 Å². The Morgan fingerprint density at radius 1 is 0.500 bits per heavy atom. The zero-order chi connectivity index (χ0) is 22.6. The third-order valence-electron chi connectivity index (χ3n) is 6.41. The quantitative estimate of drug-likeness (QED) is 0.237. The molecule has 0 saturated heterocycles. The number of unbranched alkanes of at least 4 members (excludes halogenated alkanes) is 7. The van der Waals surface area contributed by atoms with E-state index >= 15 is 0 Å². The molecular formula is C31H39F. The van der Waals surface area contributed by atoms with Crippen molar-refractivity contribution in [3.8, 4) is 22.3 Å². The van der Waals surface area contributed by atoms with E-state index in [0.29, 0.717) is 5.56 Å². The number of hydrogen-bond acceptors (Lipinski definition) is 0. The van der Waals surface area contributed by atoms with Gasteiger partial charge in [0.15, 0.2) is 0 Å². The zero-order valence-electron chi connectivity index (χ0n) is 20.0. The van der Waals surface area contributed by atoms with Gasteiger partial charge in [-0.25, -0.2) is 4.39 Å². The fourth-order valence-electron chi connectivity index (χ4n) is 4.33. The van der Waals surface area contributed by atoms with Crippen molar-refractivity contribution in [2.24, 2.45) is 0 Å². The minimum Gasteiger partial charge on any atom is -0.206 e. The molecule has 0 aliphatic carbocycles. The monoisotopic (exact) mass is 430 g/mol. The predicted octanol–water partition coefficient (Wildman–Crippen LogP) is 9.80. The Bertz CT molecular complexity index is 922. The normalized spacial score (nSPS) is 11.1. The maximum absolute atomic E-state index is 15.0. The van der Waals surface area contributed by atoms with Crippen molar-refractivity contribution in [2.75, 3.05) is 0 Å². The SMILES string of the molecule is CCCCCCCCc1ccc(-c2ccc(-c3ccc(CCCCC)cc3)cc2F)cc1. The topological polar surface area (TPSA) is 0 Å². The van der Waals surface area contributed by atoms with Crippen LogP contribution in [0, 0.1) is 5.82 Å². The van der Waals surface area contributed by atoms with Gasteiger partial charge in [-0.15, -0.1) is 0 Å². The fraction of sp³-hybridized carbons (Fsp3) is 0.419. The molecule has 3 aromatic rings. The number of halogens is 1. The number of benzene rings is 3. The molecular weight excluding hydrogens is 391 g/mol. The smallest absolute Gasteiger partial charge is 0.131 e. The first kappa shape index (κ1) is 24.2. The summed E-state index contributed by atoms with van der Waals surface area (Å²) in [5.74, 6) is -0.154. The van der Waals surface area contributed by atoms with Crippen molar-refractivity contribution in [1.29, 1.82) is 0 Å². The number of aryl methyl sites for hydroxylation is 2. The lowest BCUT2D eigenvalue weighted by molar-refractivity contribution is 0.607. The molecule has 3 aromatic carbocycles. The van der Waals surface area contributed by atoms with Crippen LogP contribution in [0.2, 0.25) is 0 Å². The maximum atomic E-state index is 15.0. The Hall–Kier alpha value is -2.41. The molecule has 0 N–H and O–H groups in total. The molecule has 0 aliphatic heterocycles. The molecule has 170 valence electrons. The van der Waals surface area contributed by atoms with E-state index in [1.165, 1.54) is 68.9 Å². The average molecular weight is 431 g/mol. The van der Waals surface area contributed by atoms with Crippen LogP contribution in [0.3, 0.4) is 0 Å². The molecule has 0 radical (unpaired) electrons. The summed E-state index contributed by atoms with van der Waals surface area (Å²) in [6.45, 7) is 4.48. The molecule has 0 amide bonds. The van der Waals surface area contributed by atoms with Crippen molar-refractivity contribution in [3.63, 3.8) is 0 Å². The highest BCUT2D eigenvalue weighted by Gasteiger charge is 2.08. The third kappa shape index (κ3) is 7.33. The minimum absolute atomic E-state index is 0.154. The molecule has 0 unspecified atom stereocenters. The number of hydrogen-bond donors (Lipinski definition) is 0. The molecule has 1 heteroatoms. The molecule has 0 saturated carbocycles. The van der Waals surface area contributed by atoms with Crippen LogP contribution in [-0.2, 0) is 12.8 Å². The lowest BCUT2D eigenvalue weighted by atomic mass is 9.97. The van der Waals surface area contributed by atoms with Crippen LogP contribution < -0.4 is 0 Å². The molecule has 3 rings (SSSR count). The Kier molecular flexibility index (Phi) is 10.0. The van der Waals surface area contributed by atoms with Crippen LogP contribution in [0.5, 0.6) is 0 Å². The van der Waals surface area contributed by atoms with Gasteiger partial charge in [-0.1, -0.05) is 119 Å². The predicted molar refractivity (Wildman–Crippen MR) is 138 cm³/mol. The molecule has 0 atom stereocenters. The molecule has 0 bridgehead atoms. The van der Waals surface area contributed by atoms with Crippen molar-refractivity contribution < 1.29 is 4.39 Å². The van der Waals surface area contributed by atoms with Crippen LogP contribution in [-0.4, -0.2) is 0 Å². The molecule has 0 aliphatic rings. The largest absolute Gasteiger partial charge is 0.206 e. The van der Waals surface area contributed by atoms with Crippen molar-refractivity contribution in [3.05, 3.63) is 83.7 Å². The van der Waals surface area contributed by atoms with Crippen LogP contribution in [0.15, 0.2) is 66.7 Å². The van der Waals surface area contributed by atoms with E-state index in [0.717, 1.165) is 29.5 Å². The minimum atomic E-state index is -0.154. The Morgan fingerprint density at radius 3 is 1.56 bits per heavy atom. The summed E-state index contributed by atoms with van der Waals surface area (Å²) in [7, 11) is 0. The first-order chi connectivity index (χ1) is 15.7. The van der Waals surface area contributed by atoms with E-state index in [1.807, 2.05) is 12.1 Å². The summed E-state index contributed by atoms with van der Waals surface area (Å²) in [4.78, 5) is 0. The van der Waals surface area contributed by atoms with Gasteiger partial charge in [-0.2, -0.15) is 0 Å². The highest BCUT2D eigenvalue weighted by Crippen LogP contribution is 2.29. The molecule has 0 aromatic heterocycles. The van der Waals surface area contributed by atoms with Gasteiger partial charge in [0.2, 0.25) is 0 Å². The highest BCUT2D eigenvalue weighted by molar-refractivity contribution is 5.71. The van der Waals surface area contributed by atoms with Crippen LogP contribution >= 0.6 is 0 Å². The molecule has 0 heterocycles. The second-order valence-electron chi connectivity index (χ2n) is 9.06. The summed E-state index contributed by atoms with van der Waals surface area (Å²) >= 11 is 0. The molecule has 0 spiro atoms. The van der Waals surface area contributed by atoms with Gasteiger partial charge in [-0.05, 0) is 59.6 Å². The van der Waals surface area contributed by atoms with Gasteiger partial charge in [0.05, 0.1) is 0 Å². The molecule has 32 heavy (non-hydrogen) atoms. The first-order valence-corrected chi connectivity index (χ1v) is 12.7. The second kappa shape index (κ2) is 13.2. The van der Waals surface area contributed by atoms with Crippen LogP contribution in [0.1, 0.15) is 82.8 Å². The van der Waals surface area contributed by atoms with E-state index in [-0.39, 0.29) is 5.82 Å². The number of rotatable bonds is 13. The van der Waals surface area contributed by atoms with Crippen LogP contribution in [0.4, 0.5) is 4.39 Å². The Morgan fingerprint density at radius 2 is 0.969 bits per heavy atom. The standard InChI is InChI=1S/C31H39F/c1-3-5-7-8-9-11-13-26-16-20-28(21-17-26)30-23-22-29(24-31(30)32)27-18-14-25(15-19-27)12-10-6-4-2/h14-24H,3-13H2,1-2H3. The maximum Gasteiger partial charge on any atom is 0.131 e. The summed E-state index contributed by atoms with van der Waals surface area (Å²) < 4.78 is 15.0. The summed E-state index contributed by atoms with van der Waals surface area (Å²) in [6, 6.07) is 22.7. The van der Waals surface area contributed by atoms with E-state index in [9.17, 15) is 4.39 Å². The third-order valence-corrected chi connectivity index (χ3v) is 6.41. The van der Waals surface area contributed by atoms with Gasteiger partial charge in [-0.3, -0.25) is 0 Å². The lowest BCUT2D eigenvalue weighted by Crippen LogP contribution is -1.90. The van der Waals surface area contributed by atoms with Gasteiger partial charge >= 0.3 is 0 Å². The highest BCUT2D eigenvalue weighted by atomic mass is 19.1. The van der Waals surface area contributed by atoms with Crippen molar-refractivity contribution in [2.45, 2.75) is 84.5 Å². The fourth-order valence-corrected chi connectivity index (χ4v) is 4.33. The molecule has 0 fully saturated rings. The van der Waals surface area contributed by atoms with E-state index in [2.05, 4.69) is 62.4 Å². The second-order valence-corrected chi connectivity index (χ2v) is 9.06. The lowest BCUT2D eigenvalue weighted by Gasteiger charge is -2.09. The zero-order valence-corrected chi connectivity index (χ0v) is 20.0. The van der Waals surface area contributed by atoms with Gasteiger partial charge < -0.3 is 0 Å². The van der Waals surface area contributed by atoms with Gasteiger partial charge in [0, 0.05) is 5.56 Å². The van der Waals surface area contributed by atoms with Gasteiger partial charge in [0.25, 0.3) is 0 Å². The van der Waals surface area contributed by atoms with E-state index < -0.39 is 0 Å². The molecule has 0 nitrogen and oxygen atoms in total. The summed E-state index contributed by atoms with van der Waals surface area (Å²) in [5, 5.41) is 0. The van der Waals surface area contributed by atoms with E-state index in [4.69, 9.17) is 0 Å². The van der Waals surface area contributed by atoms with Gasteiger partial charge in [0.1, 0.15) is 5.82 Å². The summed E-state index contributed by atoms with van der Waals surface area (Å²) in [5.41, 5.74) is 6.35. The van der Waals surface area contributed by atoms with E-state index in [1.54, 1.807) is 6.07 Å². The van der Waals surface area contributed by atoms with Crippen molar-refractivity contribution >= 4 is 0 Å². The Labute approximate surface area is 194 Å². The Balaban J connectivity index is 1.58. The summed E-state index contributed by atoms with van der Waals surface area (Å²) in [6.07, 6.45) is 13.9. The average Bonchev–Trinajstić information content (AvgIpc) is 2.82.